The average Bonchev–Trinajstić information content (AvgIpc) is 2.31. The van der Waals surface area contributed by atoms with Crippen molar-refractivity contribution in [1.82, 2.24) is 0 Å². The number of allylic oxidation sites excluding steroid dienone is 3. The minimum absolute atomic E-state index is 0.0445. The van der Waals surface area contributed by atoms with Crippen LogP contribution in [-0.4, -0.2) is 19.7 Å². The van der Waals surface area contributed by atoms with E-state index in [0.717, 1.165) is 24.2 Å². The highest BCUT2D eigenvalue weighted by molar-refractivity contribution is 6.01. The van der Waals surface area contributed by atoms with Gasteiger partial charge in [-0.05, 0) is 31.3 Å². The van der Waals surface area contributed by atoms with Crippen LogP contribution in [0.25, 0.3) is 0 Å². The van der Waals surface area contributed by atoms with Crippen molar-refractivity contribution in [2.75, 3.05) is 13.9 Å². The molecule has 18 heavy (non-hydrogen) atoms. The van der Waals surface area contributed by atoms with Crippen molar-refractivity contribution >= 4 is 5.78 Å². The maximum atomic E-state index is 12.4. The van der Waals surface area contributed by atoms with Crippen LogP contribution in [0.2, 0.25) is 0 Å². The number of hydrogen-bond donors (Lipinski definition) is 0. The first kappa shape index (κ1) is 13.3. The van der Waals surface area contributed by atoms with Crippen molar-refractivity contribution in [2.45, 2.75) is 33.6 Å². The van der Waals surface area contributed by atoms with E-state index in [0.29, 0.717) is 5.78 Å². The Morgan fingerprint density at radius 2 is 2.22 bits per heavy atom. The highest BCUT2D eigenvalue weighted by atomic mass is 16.7. The number of fused-ring (bicyclic) bond motifs is 2. The molecule has 0 saturated heterocycles. The maximum absolute atomic E-state index is 12.4. The van der Waals surface area contributed by atoms with Crippen LogP contribution in [0.5, 0.6) is 0 Å². The summed E-state index contributed by atoms with van der Waals surface area (Å²) in [6, 6.07) is 0. The van der Waals surface area contributed by atoms with Gasteiger partial charge in [0.15, 0.2) is 12.6 Å². The quantitative estimate of drug-likeness (QED) is 0.437. The molecule has 0 radical (unpaired) electrons. The molecule has 3 rings (SSSR count). The van der Waals surface area contributed by atoms with Gasteiger partial charge in [0.05, 0.1) is 11.2 Å². The molecule has 100 valence electrons. The van der Waals surface area contributed by atoms with Crippen LogP contribution in [0.15, 0.2) is 24.0 Å². The number of rotatable bonds is 4. The highest BCUT2D eigenvalue weighted by Gasteiger charge is 2.69. The number of carbonyl (C=O) groups is 1. The van der Waals surface area contributed by atoms with Crippen LogP contribution in [0.1, 0.15) is 33.6 Å². The number of ketones is 1. The van der Waals surface area contributed by atoms with E-state index < -0.39 is 5.41 Å². The van der Waals surface area contributed by atoms with Crippen LogP contribution >= 0.6 is 0 Å². The Morgan fingerprint density at radius 3 is 2.72 bits per heavy atom. The number of hydrogen-bond acceptors (Lipinski definition) is 3. The SMILES string of the molecule is C=C1CCC2C(=O)C1(/C=C(\C)OCOC)C2(C)C. The standard InChI is InChI=1S/C15H22O3/c1-10-6-7-12-13(16)15(10,14(12,3)4)8-11(2)18-9-17-5/h8,12H,1,6-7,9H2,2-5H3/b11-8+. The molecule has 0 spiro atoms. The monoisotopic (exact) mass is 250 g/mol. The topological polar surface area (TPSA) is 35.5 Å². The summed E-state index contributed by atoms with van der Waals surface area (Å²) in [5.41, 5.74) is 0.463. The van der Waals surface area contributed by atoms with E-state index >= 15 is 0 Å². The minimum Gasteiger partial charge on any atom is -0.472 e. The maximum Gasteiger partial charge on any atom is 0.188 e. The lowest BCUT2D eigenvalue weighted by Crippen LogP contribution is -2.66. The zero-order chi connectivity index (χ0) is 13.6. The van der Waals surface area contributed by atoms with Gasteiger partial charge in [-0.2, -0.15) is 0 Å². The van der Waals surface area contributed by atoms with Crippen molar-refractivity contribution in [3.63, 3.8) is 0 Å². The second-order valence-electron chi connectivity index (χ2n) is 5.89. The van der Waals surface area contributed by atoms with Gasteiger partial charge in [-0.3, -0.25) is 4.79 Å². The third kappa shape index (κ3) is 1.50. The lowest BCUT2D eigenvalue weighted by atomic mass is 9.37. The molecule has 3 heteroatoms. The fourth-order valence-corrected chi connectivity index (χ4v) is 3.61. The molecule has 3 aliphatic rings. The Bertz CT molecular complexity index is 409. The van der Waals surface area contributed by atoms with Gasteiger partial charge in [-0.1, -0.05) is 26.0 Å². The molecular weight excluding hydrogens is 228 g/mol. The summed E-state index contributed by atoms with van der Waals surface area (Å²) >= 11 is 0. The summed E-state index contributed by atoms with van der Waals surface area (Å²) < 4.78 is 10.3. The van der Waals surface area contributed by atoms with Crippen LogP contribution in [0, 0.1) is 16.7 Å². The van der Waals surface area contributed by atoms with Gasteiger partial charge in [-0.15, -0.1) is 0 Å². The van der Waals surface area contributed by atoms with Crippen molar-refractivity contribution in [1.29, 1.82) is 0 Å². The summed E-state index contributed by atoms with van der Waals surface area (Å²) in [7, 11) is 1.58. The fraction of sp³-hybridized carbons (Fsp3) is 0.667. The summed E-state index contributed by atoms with van der Waals surface area (Å²) in [6.07, 6.45) is 3.83. The van der Waals surface area contributed by atoms with Crippen molar-refractivity contribution < 1.29 is 14.3 Å². The molecule has 0 N–H and O–H groups in total. The first-order valence-corrected chi connectivity index (χ1v) is 6.41. The lowest BCUT2D eigenvalue weighted by Gasteiger charge is -2.63. The van der Waals surface area contributed by atoms with E-state index in [1.165, 1.54) is 0 Å². The van der Waals surface area contributed by atoms with Crippen LogP contribution in [0.4, 0.5) is 0 Å². The van der Waals surface area contributed by atoms with E-state index in [9.17, 15) is 4.79 Å². The molecular formula is C15H22O3. The van der Waals surface area contributed by atoms with Crippen molar-refractivity contribution in [3.05, 3.63) is 24.0 Å². The first-order valence-electron chi connectivity index (χ1n) is 6.41. The molecule has 0 aliphatic heterocycles. The number of methoxy groups -OCH3 is 1. The zero-order valence-corrected chi connectivity index (χ0v) is 11.7. The third-order valence-electron chi connectivity index (χ3n) is 4.71. The molecule has 0 aromatic heterocycles. The van der Waals surface area contributed by atoms with Crippen LogP contribution in [-0.2, 0) is 14.3 Å². The summed E-state index contributed by atoms with van der Waals surface area (Å²) in [4.78, 5) is 12.4. The Morgan fingerprint density at radius 1 is 1.56 bits per heavy atom. The normalized spacial score (nSPS) is 34.2. The predicted molar refractivity (Wildman–Crippen MR) is 69.8 cm³/mol. The Labute approximate surface area is 109 Å². The fourth-order valence-electron chi connectivity index (χ4n) is 3.61. The minimum atomic E-state index is -0.520. The van der Waals surface area contributed by atoms with E-state index in [1.807, 2.05) is 13.0 Å². The molecule has 2 bridgehead atoms. The van der Waals surface area contributed by atoms with E-state index in [-0.39, 0.29) is 18.1 Å². The summed E-state index contributed by atoms with van der Waals surface area (Å²) in [5, 5.41) is 0. The summed E-state index contributed by atoms with van der Waals surface area (Å²) in [6.45, 7) is 10.5. The molecule has 2 unspecified atom stereocenters. The predicted octanol–water partition coefficient (Wildman–Crippen LogP) is 3.07. The summed E-state index contributed by atoms with van der Waals surface area (Å²) in [5.74, 6) is 1.22. The van der Waals surface area contributed by atoms with E-state index in [4.69, 9.17) is 9.47 Å². The van der Waals surface area contributed by atoms with Gasteiger partial charge in [0.1, 0.15) is 0 Å². The van der Waals surface area contributed by atoms with Gasteiger partial charge in [0.25, 0.3) is 0 Å². The first-order chi connectivity index (χ1) is 8.38. The zero-order valence-electron chi connectivity index (χ0n) is 11.7. The van der Waals surface area contributed by atoms with Crippen molar-refractivity contribution in [3.8, 4) is 0 Å². The van der Waals surface area contributed by atoms with Gasteiger partial charge < -0.3 is 9.47 Å². The van der Waals surface area contributed by atoms with Gasteiger partial charge in [0.2, 0.25) is 0 Å². The molecule has 0 heterocycles. The smallest absolute Gasteiger partial charge is 0.188 e. The van der Waals surface area contributed by atoms with Crippen LogP contribution < -0.4 is 0 Å². The Balaban J connectivity index is 2.32. The molecule has 0 aromatic rings. The molecule has 3 aliphatic carbocycles. The lowest BCUT2D eigenvalue weighted by molar-refractivity contribution is -0.165. The molecule has 3 nitrogen and oxygen atoms in total. The number of Topliss-reactive ketones (excluding diaryl/α,β-unsaturated/α-hetero) is 1. The van der Waals surface area contributed by atoms with E-state index in [2.05, 4.69) is 20.4 Å². The van der Waals surface area contributed by atoms with Gasteiger partial charge >= 0.3 is 0 Å². The van der Waals surface area contributed by atoms with Gasteiger partial charge in [-0.25, -0.2) is 0 Å². The Kier molecular flexibility index (Phi) is 3.14. The third-order valence-corrected chi connectivity index (χ3v) is 4.71. The molecule has 3 saturated carbocycles. The van der Waals surface area contributed by atoms with E-state index in [1.54, 1.807) is 7.11 Å². The average molecular weight is 250 g/mol. The molecule has 0 amide bonds. The largest absolute Gasteiger partial charge is 0.472 e. The van der Waals surface area contributed by atoms with Crippen LogP contribution in [0.3, 0.4) is 0 Å². The second-order valence-corrected chi connectivity index (χ2v) is 5.89. The van der Waals surface area contributed by atoms with Gasteiger partial charge in [0, 0.05) is 13.0 Å². The molecule has 2 atom stereocenters. The Hall–Kier alpha value is -1.09. The molecule has 0 aromatic carbocycles. The molecule has 3 fully saturated rings. The number of carbonyl (C=O) groups excluding carboxylic acids is 1. The number of ether oxygens (including phenoxy) is 2. The second kappa shape index (κ2) is 4.23. The van der Waals surface area contributed by atoms with Crippen molar-refractivity contribution in [2.24, 2.45) is 16.7 Å². The highest BCUT2D eigenvalue weighted by Crippen LogP contribution is 2.67.